The first kappa shape index (κ1) is 15.6. The summed E-state index contributed by atoms with van der Waals surface area (Å²) in [4.78, 5) is 11.7. The highest BCUT2D eigenvalue weighted by atomic mass is 19.4. The number of hydrogen-bond donors (Lipinski definition) is 1. The number of ether oxygens (including phenoxy) is 1. The molecule has 1 aliphatic rings. The minimum absolute atomic E-state index is 0.109. The van der Waals surface area contributed by atoms with Crippen LogP contribution in [0.25, 0.3) is 0 Å². The number of piperidine rings is 1. The highest BCUT2D eigenvalue weighted by Gasteiger charge is 2.46. The average molecular weight is 302 g/mol. The number of halogens is 3. The molecule has 2 rings (SSSR count). The number of carbonyl (C=O) groups is 1. The lowest BCUT2D eigenvalue weighted by atomic mass is 10.1. The van der Waals surface area contributed by atoms with Crippen LogP contribution >= 0.6 is 0 Å². The molecule has 4 nitrogen and oxygen atoms in total. The number of nitrogens with one attached hydrogen (secondary N) is 1. The van der Waals surface area contributed by atoms with Crippen LogP contribution in [0, 0.1) is 0 Å². The molecule has 1 amide bonds. The first-order chi connectivity index (χ1) is 9.98. The van der Waals surface area contributed by atoms with Crippen molar-refractivity contribution in [3.05, 3.63) is 35.9 Å². The van der Waals surface area contributed by atoms with Gasteiger partial charge in [-0.05, 0) is 24.9 Å². The number of hydrogen-bond acceptors (Lipinski definition) is 3. The summed E-state index contributed by atoms with van der Waals surface area (Å²) in [6.07, 6.45) is -5.17. The zero-order valence-electron chi connectivity index (χ0n) is 11.4. The van der Waals surface area contributed by atoms with Crippen molar-refractivity contribution in [3.63, 3.8) is 0 Å². The predicted octanol–water partition coefficient (Wildman–Crippen LogP) is 2.90. The second kappa shape index (κ2) is 6.80. The Balaban J connectivity index is 2.00. The van der Waals surface area contributed by atoms with Crippen LogP contribution in [0.4, 0.5) is 18.0 Å². The van der Waals surface area contributed by atoms with Gasteiger partial charge in [-0.2, -0.15) is 0 Å². The van der Waals surface area contributed by atoms with Crippen molar-refractivity contribution < 1.29 is 22.7 Å². The zero-order valence-corrected chi connectivity index (χ0v) is 11.4. The van der Waals surface area contributed by atoms with E-state index in [0.717, 1.165) is 0 Å². The summed E-state index contributed by atoms with van der Waals surface area (Å²) >= 11 is 0. The molecule has 1 aliphatic heterocycles. The standard InChI is InChI=1S/C14H17F3N2O2/c15-14(16,17)19(12-7-4-8-18-9-12)13(20)21-10-11-5-2-1-3-6-11/h1-3,5-6,12,18H,4,7-10H2/t12-/m1/s1. The van der Waals surface area contributed by atoms with Crippen molar-refractivity contribution in [2.24, 2.45) is 0 Å². The van der Waals surface area contributed by atoms with Gasteiger partial charge in [0.15, 0.2) is 0 Å². The first-order valence-electron chi connectivity index (χ1n) is 6.76. The number of benzene rings is 1. The molecule has 0 saturated carbocycles. The second-order valence-corrected chi connectivity index (χ2v) is 4.88. The molecule has 0 unspecified atom stereocenters. The van der Waals surface area contributed by atoms with E-state index in [1.165, 1.54) is 0 Å². The summed E-state index contributed by atoms with van der Waals surface area (Å²) < 4.78 is 44.0. The van der Waals surface area contributed by atoms with Gasteiger partial charge >= 0.3 is 12.4 Å². The maximum atomic E-state index is 13.1. The molecule has 1 fully saturated rings. The fourth-order valence-corrected chi connectivity index (χ4v) is 2.30. The van der Waals surface area contributed by atoms with Gasteiger partial charge in [0.2, 0.25) is 0 Å². The summed E-state index contributed by atoms with van der Waals surface area (Å²) in [6, 6.07) is 7.70. The zero-order chi connectivity index (χ0) is 15.3. The van der Waals surface area contributed by atoms with Crippen LogP contribution in [0.15, 0.2) is 30.3 Å². The van der Waals surface area contributed by atoms with Gasteiger partial charge in [-0.25, -0.2) is 9.69 Å². The smallest absolute Gasteiger partial charge is 0.444 e. The number of alkyl halides is 3. The number of amides is 1. The Kier molecular flexibility index (Phi) is 5.06. The maximum Gasteiger partial charge on any atom is 0.490 e. The highest BCUT2D eigenvalue weighted by Crippen LogP contribution is 2.27. The second-order valence-electron chi connectivity index (χ2n) is 4.88. The number of nitrogens with zero attached hydrogens (tertiary/aromatic N) is 1. The Morgan fingerprint density at radius 2 is 2.05 bits per heavy atom. The lowest BCUT2D eigenvalue weighted by Gasteiger charge is -2.34. The van der Waals surface area contributed by atoms with Crippen LogP contribution in [0.5, 0.6) is 0 Å². The van der Waals surface area contributed by atoms with Crippen LogP contribution in [-0.2, 0) is 11.3 Å². The van der Waals surface area contributed by atoms with Gasteiger partial charge in [0.05, 0.1) is 6.04 Å². The minimum Gasteiger partial charge on any atom is -0.444 e. The van der Waals surface area contributed by atoms with Crippen LogP contribution in [-0.4, -0.2) is 36.4 Å². The van der Waals surface area contributed by atoms with Crippen molar-refractivity contribution in [3.8, 4) is 0 Å². The SMILES string of the molecule is O=C(OCc1ccccc1)N([C@@H]1CCCNC1)C(F)(F)F. The van der Waals surface area contributed by atoms with Crippen LogP contribution in [0.3, 0.4) is 0 Å². The Labute approximate surface area is 120 Å². The van der Waals surface area contributed by atoms with Gasteiger partial charge in [0.1, 0.15) is 6.61 Å². The van der Waals surface area contributed by atoms with E-state index in [4.69, 9.17) is 4.74 Å². The number of rotatable bonds is 3. The molecule has 1 heterocycles. The molecular weight excluding hydrogens is 285 g/mol. The lowest BCUT2D eigenvalue weighted by Crippen LogP contribution is -2.55. The molecule has 7 heteroatoms. The molecule has 0 spiro atoms. The van der Waals surface area contributed by atoms with E-state index in [9.17, 15) is 18.0 Å². The van der Waals surface area contributed by atoms with Gasteiger partial charge in [0.25, 0.3) is 0 Å². The summed E-state index contributed by atoms with van der Waals surface area (Å²) in [6.45, 7) is 0.619. The van der Waals surface area contributed by atoms with Crippen LogP contribution in [0.2, 0.25) is 0 Å². The Morgan fingerprint density at radius 1 is 1.33 bits per heavy atom. The van der Waals surface area contributed by atoms with Gasteiger partial charge in [-0.1, -0.05) is 30.3 Å². The van der Waals surface area contributed by atoms with E-state index in [0.29, 0.717) is 24.9 Å². The molecule has 0 aromatic heterocycles. The third-order valence-corrected chi connectivity index (χ3v) is 3.31. The van der Waals surface area contributed by atoms with Crippen molar-refractivity contribution in [2.45, 2.75) is 31.8 Å². The first-order valence-corrected chi connectivity index (χ1v) is 6.76. The quantitative estimate of drug-likeness (QED) is 0.873. The highest BCUT2D eigenvalue weighted by molar-refractivity contribution is 5.68. The van der Waals surface area contributed by atoms with E-state index in [1.807, 2.05) is 0 Å². The van der Waals surface area contributed by atoms with Gasteiger partial charge < -0.3 is 10.1 Å². The molecule has 0 bridgehead atoms. The number of carbonyl (C=O) groups excluding carboxylic acids is 1. The molecule has 1 N–H and O–H groups in total. The molecule has 1 aromatic rings. The molecule has 1 atom stereocenters. The predicted molar refractivity (Wildman–Crippen MR) is 70.4 cm³/mol. The molecule has 1 saturated heterocycles. The van der Waals surface area contributed by atoms with Crippen LogP contribution in [0.1, 0.15) is 18.4 Å². The topological polar surface area (TPSA) is 41.6 Å². The molecular formula is C14H17F3N2O2. The van der Waals surface area contributed by atoms with Crippen molar-refractivity contribution in [1.82, 2.24) is 10.2 Å². The minimum atomic E-state index is -4.74. The Bertz CT molecular complexity index is 459. The normalized spacial score (nSPS) is 19.1. The monoisotopic (exact) mass is 302 g/mol. The van der Waals surface area contributed by atoms with E-state index >= 15 is 0 Å². The molecule has 0 aliphatic carbocycles. The van der Waals surface area contributed by atoms with E-state index < -0.39 is 18.4 Å². The van der Waals surface area contributed by atoms with Crippen LogP contribution < -0.4 is 5.32 Å². The van der Waals surface area contributed by atoms with Gasteiger partial charge in [-0.15, -0.1) is 13.2 Å². The Hall–Kier alpha value is -1.76. The summed E-state index contributed by atoms with van der Waals surface area (Å²) in [5.41, 5.74) is 0.648. The third kappa shape index (κ3) is 4.35. The van der Waals surface area contributed by atoms with Crippen molar-refractivity contribution >= 4 is 6.09 Å². The molecule has 116 valence electrons. The summed E-state index contributed by atoms with van der Waals surface area (Å²) in [7, 11) is 0. The Morgan fingerprint density at radius 3 is 2.62 bits per heavy atom. The largest absolute Gasteiger partial charge is 0.490 e. The molecule has 21 heavy (non-hydrogen) atoms. The fraction of sp³-hybridized carbons (Fsp3) is 0.500. The van der Waals surface area contributed by atoms with Gasteiger partial charge in [-0.3, -0.25) is 0 Å². The van der Waals surface area contributed by atoms with E-state index in [-0.39, 0.29) is 18.1 Å². The lowest BCUT2D eigenvalue weighted by molar-refractivity contribution is -0.243. The summed E-state index contributed by atoms with van der Waals surface area (Å²) in [5, 5.41) is 2.87. The van der Waals surface area contributed by atoms with E-state index in [1.54, 1.807) is 30.3 Å². The molecule has 0 radical (unpaired) electrons. The van der Waals surface area contributed by atoms with Gasteiger partial charge in [0, 0.05) is 6.54 Å². The molecule has 1 aromatic carbocycles. The van der Waals surface area contributed by atoms with Crippen molar-refractivity contribution in [1.29, 1.82) is 0 Å². The summed E-state index contributed by atoms with van der Waals surface area (Å²) in [5.74, 6) is 0. The van der Waals surface area contributed by atoms with E-state index in [2.05, 4.69) is 5.32 Å². The van der Waals surface area contributed by atoms with Crippen molar-refractivity contribution in [2.75, 3.05) is 13.1 Å². The maximum absolute atomic E-state index is 13.1. The average Bonchev–Trinajstić information content (AvgIpc) is 2.46. The fourth-order valence-electron chi connectivity index (χ4n) is 2.30. The third-order valence-electron chi connectivity index (χ3n) is 3.31.